The molecule has 1 fully saturated rings. The molecule has 2 heterocycles. The molecule has 28 heavy (non-hydrogen) atoms. The summed E-state index contributed by atoms with van der Waals surface area (Å²) in [4.78, 5) is 50.5. The number of carboxylic acid groups (broad SMARTS) is 1. The first-order valence-electron chi connectivity index (χ1n) is 9.10. The summed E-state index contributed by atoms with van der Waals surface area (Å²) in [6, 6.07) is 6.49. The number of amides is 1. The molecule has 0 radical (unpaired) electrons. The number of aryl methyl sites for hydroxylation is 1. The Hall–Kier alpha value is -2.94. The Labute approximate surface area is 160 Å². The number of carbonyl (C=O) groups excluding carboxylic acids is 1. The molecule has 1 aliphatic heterocycles. The van der Waals surface area contributed by atoms with Crippen LogP contribution < -0.4 is 11.1 Å². The first-order chi connectivity index (χ1) is 13.4. The number of aromatic amines is 1. The Kier molecular flexibility index (Phi) is 5.64. The Morgan fingerprint density at radius 1 is 1.25 bits per heavy atom. The summed E-state index contributed by atoms with van der Waals surface area (Å²) in [6.07, 6.45) is 0.989. The van der Waals surface area contributed by atoms with Crippen molar-refractivity contribution in [3.05, 3.63) is 45.0 Å². The van der Waals surface area contributed by atoms with Gasteiger partial charge in [-0.05, 0) is 25.0 Å². The molecule has 0 saturated carbocycles. The molecule has 1 aromatic heterocycles. The van der Waals surface area contributed by atoms with E-state index in [1.165, 1.54) is 12.0 Å². The van der Waals surface area contributed by atoms with Gasteiger partial charge in [-0.2, -0.15) is 0 Å². The summed E-state index contributed by atoms with van der Waals surface area (Å²) < 4.78 is 6.20. The smallest absolute Gasteiger partial charge is 0.313 e. The number of nitrogens with one attached hydrogen (secondary N) is 1. The number of likely N-dealkylation sites (tertiary alicyclic amines) is 1. The van der Waals surface area contributed by atoms with Gasteiger partial charge in [0.15, 0.2) is 0 Å². The minimum atomic E-state index is -1.11. The molecule has 1 unspecified atom stereocenters. The van der Waals surface area contributed by atoms with Crippen molar-refractivity contribution in [2.24, 2.45) is 5.41 Å². The van der Waals surface area contributed by atoms with Crippen molar-refractivity contribution in [1.82, 2.24) is 14.7 Å². The van der Waals surface area contributed by atoms with Crippen molar-refractivity contribution < 1.29 is 19.4 Å². The third-order valence-corrected chi connectivity index (χ3v) is 5.24. The van der Waals surface area contributed by atoms with Crippen molar-refractivity contribution in [3.8, 4) is 0 Å². The number of carboxylic acids is 1. The van der Waals surface area contributed by atoms with Crippen LogP contribution in [0, 0.1) is 5.41 Å². The second kappa shape index (κ2) is 7.97. The number of H-pyrrole nitrogens is 1. The quantitative estimate of drug-likeness (QED) is 0.738. The van der Waals surface area contributed by atoms with E-state index in [1.807, 2.05) is 0 Å². The van der Waals surface area contributed by atoms with E-state index in [4.69, 9.17) is 4.74 Å². The number of aromatic nitrogens is 2. The lowest BCUT2D eigenvalue weighted by Crippen LogP contribution is -2.52. The van der Waals surface area contributed by atoms with Crippen molar-refractivity contribution >= 4 is 22.6 Å². The van der Waals surface area contributed by atoms with Gasteiger partial charge in [-0.15, -0.1) is 0 Å². The third kappa shape index (κ3) is 3.70. The molecule has 9 nitrogen and oxygen atoms in total. The lowest BCUT2D eigenvalue weighted by atomic mass is 9.80. The van der Waals surface area contributed by atoms with Gasteiger partial charge < -0.3 is 14.7 Å². The van der Waals surface area contributed by atoms with Gasteiger partial charge in [0.1, 0.15) is 5.41 Å². The fourth-order valence-electron chi connectivity index (χ4n) is 3.74. The molecule has 0 bridgehead atoms. The lowest BCUT2D eigenvalue weighted by Gasteiger charge is -2.39. The molecule has 1 amide bonds. The van der Waals surface area contributed by atoms with Gasteiger partial charge in [0.25, 0.3) is 11.1 Å². The normalized spacial score (nSPS) is 19.7. The van der Waals surface area contributed by atoms with Gasteiger partial charge in [-0.3, -0.25) is 24.3 Å². The molecule has 0 aliphatic carbocycles. The van der Waals surface area contributed by atoms with Crippen LogP contribution >= 0.6 is 0 Å². The molecule has 1 aromatic carbocycles. The summed E-state index contributed by atoms with van der Waals surface area (Å²) >= 11 is 0. The van der Waals surface area contributed by atoms with E-state index in [0.29, 0.717) is 30.2 Å². The van der Waals surface area contributed by atoms with Crippen LogP contribution in [0.4, 0.5) is 0 Å². The molecule has 1 atom stereocenters. The van der Waals surface area contributed by atoms with E-state index in [0.717, 1.165) is 4.68 Å². The van der Waals surface area contributed by atoms with Gasteiger partial charge in [0.2, 0.25) is 5.91 Å². The highest BCUT2D eigenvalue weighted by Crippen LogP contribution is 2.31. The van der Waals surface area contributed by atoms with Gasteiger partial charge in [0, 0.05) is 26.6 Å². The highest BCUT2D eigenvalue weighted by molar-refractivity contribution is 5.81. The number of rotatable bonds is 6. The second-order valence-electron chi connectivity index (χ2n) is 7.13. The zero-order valence-electron chi connectivity index (χ0n) is 15.6. The minimum Gasteiger partial charge on any atom is -0.481 e. The molecular weight excluding hydrogens is 366 g/mol. The molecule has 0 spiro atoms. The first kappa shape index (κ1) is 19.8. The fraction of sp³-hybridized carbons (Fsp3) is 0.474. The van der Waals surface area contributed by atoms with Crippen LogP contribution in [0.1, 0.15) is 19.3 Å². The Balaban J connectivity index is 1.75. The Morgan fingerprint density at radius 3 is 2.64 bits per heavy atom. The predicted octanol–water partition coefficient (Wildman–Crippen LogP) is 0.420. The molecule has 2 N–H and O–H groups in total. The number of piperidine rings is 1. The summed E-state index contributed by atoms with van der Waals surface area (Å²) in [6.45, 7) is 0.570. The maximum Gasteiger partial charge on any atom is 0.313 e. The van der Waals surface area contributed by atoms with E-state index in [-0.39, 0.29) is 37.6 Å². The Bertz CT molecular complexity index is 1010. The molecule has 1 aliphatic rings. The number of hydrogen-bond donors (Lipinski definition) is 2. The highest BCUT2D eigenvalue weighted by atomic mass is 16.5. The van der Waals surface area contributed by atoms with Crippen molar-refractivity contribution in [1.29, 1.82) is 0 Å². The third-order valence-electron chi connectivity index (χ3n) is 5.24. The van der Waals surface area contributed by atoms with Crippen LogP contribution in [0.15, 0.2) is 33.9 Å². The van der Waals surface area contributed by atoms with Crippen molar-refractivity contribution in [2.75, 3.05) is 26.8 Å². The SMILES string of the molecule is COCC1(C(=O)O)CCCN(C(=O)CCn2[nH]c(=O)c3ccccc3c2=O)C1. The zero-order valence-corrected chi connectivity index (χ0v) is 15.6. The minimum absolute atomic E-state index is 0.0125. The summed E-state index contributed by atoms with van der Waals surface area (Å²) in [5, 5.41) is 12.7. The molecule has 1 saturated heterocycles. The van der Waals surface area contributed by atoms with Crippen LogP contribution in [0.5, 0.6) is 0 Å². The van der Waals surface area contributed by atoms with Gasteiger partial charge >= 0.3 is 5.97 Å². The molecule has 2 aromatic rings. The summed E-state index contributed by atoms with van der Waals surface area (Å²) in [5.41, 5.74) is -1.89. The van der Waals surface area contributed by atoms with Crippen LogP contribution in [0.3, 0.4) is 0 Å². The number of nitrogens with zero attached hydrogens (tertiary/aromatic N) is 2. The van der Waals surface area contributed by atoms with Crippen molar-refractivity contribution in [3.63, 3.8) is 0 Å². The lowest BCUT2D eigenvalue weighted by molar-refractivity contribution is -0.159. The summed E-state index contributed by atoms with van der Waals surface area (Å²) in [7, 11) is 1.44. The van der Waals surface area contributed by atoms with E-state index in [9.17, 15) is 24.3 Å². The molecular formula is C19H23N3O6. The monoisotopic (exact) mass is 389 g/mol. The molecule has 150 valence electrons. The topological polar surface area (TPSA) is 122 Å². The first-order valence-corrected chi connectivity index (χ1v) is 9.10. The number of hydrogen-bond acceptors (Lipinski definition) is 5. The number of fused-ring (bicyclic) bond motifs is 1. The van der Waals surface area contributed by atoms with Crippen LogP contribution in [0.25, 0.3) is 10.8 Å². The van der Waals surface area contributed by atoms with Crippen molar-refractivity contribution in [2.45, 2.75) is 25.8 Å². The molecule has 9 heteroatoms. The van der Waals surface area contributed by atoms with Crippen LogP contribution in [0.2, 0.25) is 0 Å². The maximum atomic E-state index is 12.6. The van der Waals surface area contributed by atoms with E-state index in [2.05, 4.69) is 5.10 Å². The van der Waals surface area contributed by atoms with Gasteiger partial charge in [0.05, 0.1) is 23.9 Å². The standard InChI is InChI=1S/C19H23N3O6/c1-28-12-19(18(26)27)8-4-9-21(11-19)15(23)7-10-22-17(25)14-6-3-2-5-13(14)16(24)20-22/h2-3,5-6H,4,7-12H2,1H3,(H,20,24)(H,26,27). The fourth-order valence-corrected chi connectivity index (χ4v) is 3.74. The van der Waals surface area contributed by atoms with Crippen LogP contribution in [-0.2, 0) is 20.9 Å². The summed E-state index contributed by atoms with van der Waals surface area (Å²) in [5.74, 6) is -1.25. The average molecular weight is 389 g/mol. The number of carbonyl (C=O) groups is 2. The molecule has 3 rings (SSSR count). The van der Waals surface area contributed by atoms with Gasteiger partial charge in [-0.25, -0.2) is 4.68 Å². The predicted molar refractivity (Wildman–Crippen MR) is 101 cm³/mol. The number of methoxy groups -OCH3 is 1. The largest absolute Gasteiger partial charge is 0.481 e. The zero-order chi connectivity index (χ0) is 20.3. The number of ether oxygens (including phenoxy) is 1. The van der Waals surface area contributed by atoms with E-state index >= 15 is 0 Å². The maximum absolute atomic E-state index is 12.6. The number of aliphatic carboxylic acids is 1. The highest BCUT2D eigenvalue weighted by Gasteiger charge is 2.43. The Morgan fingerprint density at radius 2 is 1.96 bits per heavy atom. The average Bonchev–Trinajstić information content (AvgIpc) is 2.69. The van der Waals surface area contributed by atoms with E-state index < -0.39 is 16.9 Å². The van der Waals surface area contributed by atoms with Crippen LogP contribution in [-0.4, -0.2) is 58.5 Å². The van der Waals surface area contributed by atoms with Gasteiger partial charge in [-0.1, -0.05) is 12.1 Å². The second-order valence-corrected chi connectivity index (χ2v) is 7.13. The number of benzene rings is 1. The van der Waals surface area contributed by atoms with E-state index in [1.54, 1.807) is 24.3 Å².